The van der Waals surface area contributed by atoms with Gasteiger partial charge in [-0.05, 0) is 67.0 Å². The molecule has 1 aliphatic heterocycles. The summed E-state index contributed by atoms with van der Waals surface area (Å²) in [6.45, 7) is 3.19. The van der Waals surface area contributed by atoms with E-state index in [1.807, 2.05) is 19.1 Å². The van der Waals surface area contributed by atoms with E-state index in [9.17, 15) is 4.79 Å². The number of carbonyl (C=O) groups excluding carboxylic acids is 1. The van der Waals surface area contributed by atoms with E-state index in [2.05, 4.69) is 41.2 Å². The number of rotatable bonds is 5. The first kappa shape index (κ1) is 20.1. The van der Waals surface area contributed by atoms with Gasteiger partial charge in [-0.1, -0.05) is 29.8 Å². The van der Waals surface area contributed by atoms with E-state index >= 15 is 0 Å². The molecule has 0 saturated carbocycles. The number of aryl methyl sites for hydroxylation is 1. The van der Waals surface area contributed by atoms with Gasteiger partial charge in [-0.25, -0.2) is 4.79 Å². The lowest BCUT2D eigenvalue weighted by atomic mass is 9.94. The second kappa shape index (κ2) is 8.68. The maximum absolute atomic E-state index is 12.2. The lowest BCUT2D eigenvalue weighted by molar-refractivity contribution is -0.137. The molecule has 0 radical (unpaired) electrons. The number of allylic oxidation sites excluding steroid dienone is 1. The van der Waals surface area contributed by atoms with Crippen molar-refractivity contribution < 1.29 is 9.53 Å². The number of fused-ring (bicyclic) bond motifs is 3. The highest BCUT2D eigenvalue weighted by atomic mass is 35.5. The first-order valence-corrected chi connectivity index (χ1v) is 11.5. The van der Waals surface area contributed by atoms with Gasteiger partial charge < -0.3 is 9.30 Å². The molecule has 0 unspecified atom stereocenters. The van der Waals surface area contributed by atoms with Crippen molar-refractivity contribution in [3.63, 3.8) is 0 Å². The van der Waals surface area contributed by atoms with Crippen molar-refractivity contribution in [2.24, 2.45) is 0 Å². The molecule has 4 rings (SSSR count). The molecule has 150 valence electrons. The molecule has 3 aromatic rings. The summed E-state index contributed by atoms with van der Waals surface area (Å²) in [6.07, 6.45) is 6.52. The van der Waals surface area contributed by atoms with Gasteiger partial charge in [-0.2, -0.15) is 0 Å². The van der Waals surface area contributed by atoms with Crippen molar-refractivity contribution in [1.82, 2.24) is 4.57 Å². The third kappa shape index (κ3) is 3.96. The number of thioether (sulfide) groups is 1. The van der Waals surface area contributed by atoms with Crippen LogP contribution < -0.4 is 0 Å². The number of esters is 1. The number of benzene rings is 2. The molecular formula is C24H24ClNO2S. The predicted molar refractivity (Wildman–Crippen MR) is 122 cm³/mol. The third-order valence-electron chi connectivity index (χ3n) is 5.38. The molecule has 0 fully saturated rings. The Morgan fingerprint density at radius 2 is 2.03 bits per heavy atom. The summed E-state index contributed by atoms with van der Waals surface area (Å²) in [6, 6.07) is 14.5. The minimum atomic E-state index is -0.260. The third-order valence-corrected chi connectivity index (χ3v) is 6.41. The highest BCUT2D eigenvalue weighted by molar-refractivity contribution is 7.98. The van der Waals surface area contributed by atoms with Crippen molar-refractivity contribution >= 4 is 45.8 Å². The summed E-state index contributed by atoms with van der Waals surface area (Å²) >= 11 is 7.86. The second-order valence-corrected chi connectivity index (χ2v) is 8.45. The Hall–Kier alpha value is -2.17. The van der Waals surface area contributed by atoms with Gasteiger partial charge in [-0.3, -0.25) is 0 Å². The molecule has 0 N–H and O–H groups in total. The summed E-state index contributed by atoms with van der Waals surface area (Å²) in [7, 11) is 0. The molecule has 0 amide bonds. The zero-order valence-electron chi connectivity index (χ0n) is 16.7. The SMILES string of the molecule is CCOC(=O)C=C1CCCn2c1c(Cc1ccc(Cl)cc1)c1c(SC)cccc12. The Balaban J connectivity index is 1.94. The van der Waals surface area contributed by atoms with Gasteiger partial charge >= 0.3 is 5.97 Å². The lowest BCUT2D eigenvalue weighted by Gasteiger charge is -2.21. The fraction of sp³-hybridized carbons (Fsp3) is 0.292. The van der Waals surface area contributed by atoms with Crippen LogP contribution in [0.3, 0.4) is 0 Å². The van der Waals surface area contributed by atoms with Crippen molar-refractivity contribution in [2.75, 3.05) is 12.9 Å². The van der Waals surface area contributed by atoms with Crippen LogP contribution in [0.25, 0.3) is 16.5 Å². The van der Waals surface area contributed by atoms with Crippen LogP contribution in [0.4, 0.5) is 0 Å². The zero-order chi connectivity index (χ0) is 20.4. The normalized spacial score (nSPS) is 14.9. The van der Waals surface area contributed by atoms with E-state index in [4.69, 9.17) is 16.3 Å². The zero-order valence-corrected chi connectivity index (χ0v) is 18.3. The molecule has 2 heterocycles. The summed E-state index contributed by atoms with van der Waals surface area (Å²) in [5.41, 5.74) is 5.98. The van der Waals surface area contributed by atoms with E-state index in [0.717, 1.165) is 36.4 Å². The lowest BCUT2D eigenvalue weighted by Crippen LogP contribution is -2.12. The molecular weight excluding hydrogens is 402 g/mol. The van der Waals surface area contributed by atoms with Crippen LogP contribution >= 0.6 is 23.4 Å². The molecule has 0 spiro atoms. The molecule has 0 atom stereocenters. The molecule has 0 bridgehead atoms. The van der Waals surface area contributed by atoms with Crippen LogP contribution in [0.5, 0.6) is 0 Å². The number of nitrogens with zero attached hydrogens (tertiary/aromatic N) is 1. The summed E-state index contributed by atoms with van der Waals surface area (Å²) in [5, 5.41) is 2.03. The maximum Gasteiger partial charge on any atom is 0.331 e. The Morgan fingerprint density at radius 3 is 2.76 bits per heavy atom. The molecule has 5 heteroatoms. The number of hydrogen-bond donors (Lipinski definition) is 0. The number of halogens is 1. The Kier molecular flexibility index (Phi) is 6.02. The quantitative estimate of drug-likeness (QED) is 0.271. The van der Waals surface area contributed by atoms with Gasteiger partial charge in [0.2, 0.25) is 0 Å². The molecule has 29 heavy (non-hydrogen) atoms. The van der Waals surface area contributed by atoms with Gasteiger partial charge in [-0.15, -0.1) is 11.8 Å². The fourth-order valence-corrected chi connectivity index (χ4v) is 4.98. The number of ether oxygens (including phenoxy) is 1. The summed E-state index contributed by atoms with van der Waals surface area (Å²) < 4.78 is 7.59. The highest BCUT2D eigenvalue weighted by Gasteiger charge is 2.25. The van der Waals surface area contributed by atoms with Crippen LogP contribution in [0.2, 0.25) is 5.02 Å². The Morgan fingerprint density at radius 1 is 1.24 bits per heavy atom. The van der Waals surface area contributed by atoms with Crippen molar-refractivity contribution in [2.45, 2.75) is 37.6 Å². The topological polar surface area (TPSA) is 31.2 Å². The van der Waals surface area contributed by atoms with Crippen LogP contribution in [0.15, 0.2) is 53.4 Å². The van der Waals surface area contributed by atoms with Crippen molar-refractivity contribution in [3.8, 4) is 0 Å². The highest BCUT2D eigenvalue weighted by Crippen LogP contribution is 2.41. The smallest absolute Gasteiger partial charge is 0.331 e. The van der Waals surface area contributed by atoms with Crippen molar-refractivity contribution in [1.29, 1.82) is 0 Å². The van der Waals surface area contributed by atoms with Gasteiger partial charge in [0.1, 0.15) is 0 Å². The van der Waals surface area contributed by atoms with Crippen LogP contribution in [0.1, 0.15) is 36.6 Å². The van der Waals surface area contributed by atoms with Crippen LogP contribution in [-0.2, 0) is 22.5 Å². The van der Waals surface area contributed by atoms with Gasteiger partial charge in [0, 0.05) is 45.6 Å². The van der Waals surface area contributed by atoms with E-state index in [1.54, 1.807) is 17.8 Å². The number of hydrogen-bond acceptors (Lipinski definition) is 3. The van der Waals surface area contributed by atoms with Gasteiger partial charge in [0.15, 0.2) is 0 Å². The number of aromatic nitrogens is 1. The van der Waals surface area contributed by atoms with E-state index < -0.39 is 0 Å². The second-order valence-electron chi connectivity index (χ2n) is 7.16. The fourth-order valence-electron chi connectivity index (χ4n) is 4.21. The largest absolute Gasteiger partial charge is 0.463 e. The minimum absolute atomic E-state index is 0.260. The monoisotopic (exact) mass is 425 g/mol. The van der Waals surface area contributed by atoms with E-state index in [-0.39, 0.29) is 5.97 Å². The summed E-state index contributed by atoms with van der Waals surface area (Å²) in [4.78, 5) is 13.5. The Bertz CT molecular complexity index is 1080. The average Bonchev–Trinajstić information content (AvgIpc) is 3.05. The molecule has 2 aromatic carbocycles. The van der Waals surface area contributed by atoms with Gasteiger partial charge in [0.05, 0.1) is 6.61 Å². The molecule has 0 saturated heterocycles. The van der Waals surface area contributed by atoms with Crippen LogP contribution in [0, 0.1) is 0 Å². The standard InChI is InChI=1S/C24H24ClNO2S/c1-3-28-22(27)15-17-6-5-13-26-20-7-4-8-21(29-2)23(20)19(24(17)26)14-16-9-11-18(25)12-10-16/h4,7-12,15H,3,5-6,13-14H2,1-2H3. The van der Waals surface area contributed by atoms with Gasteiger partial charge in [0.25, 0.3) is 0 Å². The molecule has 1 aromatic heterocycles. The Labute approximate surface area is 180 Å². The number of carbonyl (C=O) groups is 1. The van der Waals surface area contributed by atoms with E-state index in [1.165, 1.54) is 32.6 Å². The molecule has 1 aliphatic rings. The minimum Gasteiger partial charge on any atom is -0.463 e. The first-order chi connectivity index (χ1) is 14.1. The molecule has 0 aliphatic carbocycles. The van der Waals surface area contributed by atoms with Crippen molar-refractivity contribution in [3.05, 3.63) is 70.4 Å². The first-order valence-electron chi connectivity index (χ1n) is 9.92. The van der Waals surface area contributed by atoms with E-state index in [0.29, 0.717) is 6.61 Å². The predicted octanol–water partition coefficient (Wildman–Crippen LogP) is 6.35. The molecule has 3 nitrogen and oxygen atoms in total. The maximum atomic E-state index is 12.2. The average molecular weight is 426 g/mol. The summed E-state index contributed by atoms with van der Waals surface area (Å²) in [5.74, 6) is -0.260. The van der Waals surface area contributed by atoms with Crippen LogP contribution in [-0.4, -0.2) is 23.4 Å².